The van der Waals surface area contributed by atoms with E-state index in [0.29, 0.717) is 5.92 Å². The summed E-state index contributed by atoms with van der Waals surface area (Å²) >= 11 is 0. The minimum Gasteiger partial charge on any atom is -0.456 e. The molecule has 0 bridgehead atoms. The van der Waals surface area contributed by atoms with Crippen LogP contribution >= 0.6 is 0 Å². The van der Waals surface area contributed by atoms with Crippen LogP contribution in [0.1, 0.15) is 65.8 Å². The summed E-state index contributed by atoms with van der Waals surface area (Å²) in [5.41, 5.74) is 21.9. The van der Waals surface area contributed by atoms with E-state index in [1.165, 1.54) is 104 Å². The van der Waals surface area contributed by atoms with Crippen LogP contribution in [0.3, 0.4) is 0 Å². The molecule has 0 radical (unpaired) electrons. The van der Waals surface area contributed by atoms with E-state index in [4.69, 9.17) is 4.42 Å². The Hall–Kier alpha value is -8.92. The van der Waals surface area contributed by atoms with Crippen molar-refractivity contribution in [1.29, 1.82) is 0 Å². The van der Waals surface area contributed by atoms with Crippen LogP contribution in [-0.4, -0.2) is 0 Å². The van der Waals surface area contributed by atoms with Crippen LogP contribution in [0.25, 0.3) is 66.1 Å². The van der Waals surface area contributed by atoms with Gasteiger partial charge in [-0.05, 0) is 164 Å². The highest BCUT2D eigenvalue weighted by molar-refractivity contribution is 6.13. The molecule has 0 amide bonds. The third kappa shape index (κ3) is 6.52. The molecule has 0 N–H and O–H groups in total. The molecular weight excluding hydrogens is 897 g/mol. The molecule has 3 heteroatoms. The standard InChI is InChI=1S/C71H52N2O/c1-4-19-47(20-5-1)48-35-37-53(38-36-48)73(67-44-51-24-11-10-23-50(51)43-61(67)49-21-6-2-7-22-49)55-40-42-59-57-28-13-16-31-63(57)71(65(59)46-55)62-30-15-12-27-56(62)58-41-39-54(45-64(58)71)72(52-25-8-3-9-26-52)66-32-18-34-69-70(66)60-29-14-17-33-68(60)74-69/h2-3,6-18,21-47H,1,4-5,19-20H2. The summed E-state index contributed by atoms with van der Waals surface area (Å²) in [5.74, 6) is 0.613. The molecule has 1 unspecified atom stereocenters. The van der Waals surface area contributed by atoms with Gasteiger partial charge in [-0.1, -0.05) is 189 Å². The molecule has 1 atom stereocenters. The second-order valence-electron chi connectivity index (χ2n) is 20.6. The van der Waals surface area contributed by atoms with Gasteiger partial charge in [0.1, 0.15) is 11.2 Å². The maximum atomic E-state index is 6.54. The van der Waals surface area contributed by atoms with Crippen molar-refractivity contribution in [3.63, 3.8) is 0 Å². The number of furan rings is 1. The molecule has 74 heavy (non-hydrogen) atoms. The van der Waals surface area contributed by atoms with Crippen molar-refractivity contribution in [2.45, 2.75) is 43.4 Å². The monoisotopic (exact) mass is 948 g/mol. The summed E-state index contributed by atoms with van der Waals surface area (Å²) in [7, 11) is 0. The number of fused-ring (bicyclic) bond motifs is 14. The van der Waals surface area contributed by atoms with Crippen LogP contribution in [0.2, 0.25) is 0 Å². The van der Waals surface area contributed by atoms with Gasteiger partial charge in [-0.15, -0.1) is 0 Å². The van der Waals surface area contributed by atoms with E-state index in [2.05, 4.69) is 259 Å². The molecule has 3 nitrogen and oxygen atoms in total. The van der Waals surface area contributed by atoms with Crippen LogP contribution in [-0.2, 0) is 5.41 Å². The molecule has 11 aromatic carbocycles. The van der Waals surface area contributed by atoms with Crippen LogP contribution in [0.15, 0.2) is 253 Å². The first-order chi connectivity index (χ1) is 36.7. The first-order valence-electron chi connectivity index (χ1n) is 26.4. The zero-order chi connectivity index (χ0) is 48.7. The normalized spacial score (nSPS) is 15.6. The first kappa shape index (κ1) is 42.7. The van der Waals surface area contributed by atoms with Gasteiger partial charge in [-0.3, -0.25) is 0 Å². The minimum absolute atomic E-state index is 0.613. The highest BCUT2D eigenvalue weighted by atomic mass is 16.3. The fraction of sp³-hybridized carbons (Fsp3) is 0.0986. The van der Waals surface area contributed by atoms with Crippen LogP contribution < -0.4 is 9.80 Å². The van der Waals surface area contributed by atoms with E-state index in [9.17, 15) is 0 Å². The number of anilines is 6. The summed E-state index contributed by atoms with van der Waals surface area (Å²) in [6, 6.07) is 92.7. The average molecular weight is 949 g/mol. The zero-order valence-corrected chi connectivity index (χ0v) is 41.1. The molecule has 0 aliphatic heterocycles. The summed E-state index contributed by atoms with van der Waals surface area (Å²) in [4.78, 5) is 4.98. The molecule has 1 aromatic heterocycles. The Morgan fingerprint density at radius 1 is 0.351 bits per heavy atom. The second kappa shape index (κ2) is 17.1. The largest absolute Gasteiger partial charge is 0.456 e. The molecule has 12 aromatic rings. The first-order valence-corrected chi connectivity index (χ1v) is 26.4. The lowest BCUT2D eigenvalue weighted by Gasteiger charge is -2.34. The summed E-state index contributed by atoms with van der Waals surface area (Å²) in [6.45, 7) is 0. The summed E-state index contributed by atoms with van der Waals surface area (Å²) in [5, 5.41) is 4.64. The molecule has 1 saturated carbocycles. The number of benzene rings is 11. The third-order valence-corrected chi connectivity index (χ3v) is 16.6. The van der Waals surface area contributed by atoms with Gasteiger partial charge in [-0.2, -0.15) is 0 Å². The van der Waals surface area contributed by atoms with Crippen molar-refractivity contribution in [2.24, 2.45) is 0 Å². The molecule has 1 spiro atoms. The Balaban J connectivity index is 0.984. The number of rotatable bonds is 8. The molecule has 15 rings (SSSR count). The van der Waals surface area contributed by atoms with Crippen molar-refractivity contribution in [3.8, 4) is 33.4 Å². The minimum atomic E-state index is -0.622. The van der Waals surface area contributed by atoms with Crippen LogP contribution in [0, 0.1) is 0 Å². The van der Waals surface area contributed by atoms with Crippen LogP contribution in [0.4, 0.5) is 34.1 Å². The van der Waals surface area contributed by atoms with Gasteiger partial charge < -0.3 is 14.2 Å². The summed E-state index contributed by atoms with van der Waals surface area (Å²) < 4.78 is 6.54. The second-order valence-corrected chi connectivity index (χ2v) is 20.6. The predicted molar refractivity (Wildman–Crippen MR) is 308 cm³/mol. The van der Waals surface area contributed by atoms with Crippen molar-refractivity contribution < 1.29 is 4.42 Å². The average Bonchev–Trinajstić information content (AvgIpc) is 4.23. The molecule has 3 aliphatic rings. The number of para-hydroxylation sites is 2. The van der Waals surface area contributed by atoms with Crippen molar-refractivity contribution in [1.82, 2.24) is 0 Å². The Bertz CT molecular complexity index is 4120. The van der Waals surface area contributed by atoms with Gasteiger partial charge in [0.2, 0.25) is 0 Å². The molecular formula is C71H52N2O. The topological polar surface area (TPSA) is 19.6 Å². The molecule has 1 heterocycles. The number of hydrogen-bond acceptors (Lipinski definition) is 3. The van der Waals surface area contributed by atoms with Crippen molar-refractivity contribution >= 4 is 66.8 Å². The fourth-order valence-electron chi connectivity index (χ4n) is 13.4. The van der Waals surface area contributed by atoms with Gasteiger partial charge in [0.05, 0.1) is 22.2 Å². The highest BCUT2D eigenvalue weighted by Gasteiger charge is 2.52. The van der Waals surface area contributed by atoms with Gasteiger partial charge in [0.25, 0.3) is 0 Å². The Morgan fingerprint density at radius 2 is 0.878 bits per heavy atom. The number of hydrogen-bond donors (Lipinski definition) is 0. The Morgan fingerprint density at radius 3 is 1.57 bits per heavy atom. The molecule has 1 fully saturated rings. The van der Waals surface area contributed by atoms with E-state index in [1.54, 1.807) is 0 Å². The lowest BCUT2D eigenvalue weighted by molar-refractivity contribution is 0.443. The Labute approximate surface area is 432 Å². The quantitative estimate of drug-likeness (QED) is 0.151. The highest BCUT2D eigenvalue weighted by Crippen LogP contribution is 2.64. The van der Waals surface area contributed by atoms with E-state index < -0.39 is 5.41 Å². The molecule has 352 valence electrons. The van der Waals surface area contributed by atoms with Gasteiger partial charge in [0.15, 0.2) is 0 Å². The third-order valence-electron chi connectivity index (χ3n) is 16.6. The van der Waals surface area contributed by atoms with Crippen molar-refractivity contribution in [2.75, 3.05) is 9.80 Å². The lowest BCUT2D eigenvalue weighted by Crippen LogP contribution is -2.26. The Kier molecular flexibility index (Phi) is 9.88. The SMILES string of the molecule is c1ccc(-c2cc3ccccc3cc2N(c2ccc(C3CCCCC3)cc2)c2ccc3c(c2)C2(c4ccccc4-3)c3ccccc3-c3ccc(N(c4ccccc4)c4cccc5oc6ccccc6c45)cc32)cc1. The maximum absolute atomic E-state index is 6.54. The zero-order valence-electron chi connectivity index (χ0n) is 41.1. The van der Waals surface area contributed by atoms with E-state index in [-0.39, 0.29) is 0 Å². The van der Waals surface area contributed by atoms with Crippen LogP contribution in [0.5, 0.6) is 0 Å². The molecule has 3 aliphatic carbocycles. The van der Waals surface area contributed by atoms with Gasteiger partial charge >= 0.3 is 0 Å². The van der Waals surface area contributed by atoms with Gasteiger partial charge in [0, 0.05) is 33.7 Å². The predicted octanol–water partition coefficient (Wildman–Crippen LogP) is 19.7. The van der Waals surface area contributed by atoms with E-state index in [0.717, 1.165) is 56.1 Å². The van der Waals surface area contributed by atoms with E-state index >= 15 is 0 Å². The smallest absolute Gasteiger partial charge is 0.137 e. The molecule has 0 saturated heterocycles. The lowest BCUT2D eigenvalue weighted by atomic mass is 9.70. The maximum Gasteiger partial charge on any atom is 0.137 e. The number of nitrogens with zero attached hydrogens (tertiary/aromatic N) is 2. The fourth-order valence-corrected chi connectivity index (χ4v) is 13.4. The van der Waals surface area contributed by atoms with E-state index in [1.807, 2.05) is 0 Å². The van der Waals surface area contributed by atoms with Crippen molar-refractivity contribution in [3.05, 3.63) is 277 Å². The summed E-state index contributed by atoms with van der Waals surface area (Å²) in [6.07, 6.45) is 6.50. The van der Waals surface area contributed by atoms with Gasteiger partial charge in [-0.25, -0.2) is 0 Å².